The van der Waals surface area contributed by atoms with Crippen molar-refractivity contribution in [3.8, 4) is 0 Å². The third-order valence-corrected chi connectivity index (χ3v) is 2.12. The molecule has 0 aromatic heterocycles. The molecule has 3 nitrogen and oxygen atoms in total. The summed E-state index contributed by atoms with van der Waals surface area (Å²) in [6, 6.07) is 0.327. The molecule has 1 N–H and O–H groups in total. The Balaban J connectivity index is 3.74. The summed E-state index contributed by atoms with van der Waals surface area (Å²) in [7, 11) is 0. The first-order valence-electron chi connectivity index (χ1n) is 5.03. The molecule has 0 aromatic carbocycles. The van der Waals surface area contributed by atoms with Gasteiger partial charge in [0.1, 0.15) is 0 Å². The Morgan fingerprint density at radius 1 is 1.38 bits per heavy atom. The molecule has 0 fully saturated rings. The first kappa shape index (κ1) is 12.4. The van der Waals surface area contributed by atoms with Crippen molar-refractivity contribution >= 4 is 5.97 Å². The van der Waals surface area contributed by atoms with Gasteiger partial charge in [-0.05, 0) is 26.8 Å². The van der Waals surface area contributed by atoms with Gasteiger partial charge in [-0.25, -0.2) is 0 Å². The summed E-state index contributed by atoms with van der Waals surface area (Å²) in [4.78, 5) is 12.5. The van der Waals surface area contributed by atoms with Crippen LogP contribution >= 0.6 is 0 Å². The van der Waals surface area contributed by atoms with E-state index in [4.69, 9.17) is 5.11 Å². The first-order chi connectivity index (χ1) is 6.07. The molecule has 0 spiro atoms. The highest BCUT2D eigenvalue weighted by molar-refractivity contribution is 5.69. The molecule has 0 bridgehead atoms. The normalized spacial score (nSPS) is 11.2. The largest absolute Gasteiger partial charge is 0.480 e. The second-order valence-corrected chi connectivity index (χ2v) is 3.67. The summed E-state index contributed by atoms with van der Waals surface area (Å²) in [5.41, 5.74) is 0. The Morgan fingerprint density at radius 3 is 2.38 bits per heavy atom. The zero-order valence-corrected chi connectivity index (χ0v) is 8.92. The number of unbranched alkanes of at least 4 members (excludes halogenated alkanes) is 2. The average molecular weight is 187 g/mol. The molecule has 0 aliphatic rings. The van der Waals surface area contributed by atoms with Crippen molar-refractivity contribution in [2.24, 2.45) is 0 Å². The van der Waals surface area contributed by atoms with E-state index in [9.17, 15) is 4.79 Å². The maximum absolute atomic E-state index is 10.5. The molecule has 3 heteroatoms. The first-order valence-corrected chi connectivity index (χ1v) is 5.03. The van der Waals surface area contributed by atoms with Gasteiger partial charge in [0.25, 0.3) is 0 Å². The molecule has 0 aromatic rings. The SMILES string of the molecule is CCCCCN(CC(=O)O)C(C)C. The van der Waals surface area contributed by atoms with Gasteiger partial charge in [-0.3, -0.25) is 9.69 Å². The molecule has 0 unspecified atom stereocenters. The van der Waals surface area contributed by atoms with Crippen LogP contribution in [0.5, 0.6) is 0 Å². The van der Waals surface area contributed by atoms with Crippen LogP contribution < -0.4 is 0 Å². The lowest BCUT2D eigenvalue weighted by Crippen LogP contribution is -2.36. The second kappa shape index (κ2) is 6.89. The summed E-state index contributed by atoms with van der Waals surface area (Å²) in [6.07, 6.45) is 3.46. The molecular weight excluding hydrogens is 166 g/mol. The lowest BCUT2D eigenvalue weighted by molar-refractivity contribution is -0.138. The standard InChI is InChI=1S/C10H21NO2/c1-4-5-6-7-11(9(2)3)8-10(12)13/h9H,4-8H2,1-3H3,(H,12,13). The number of hydrogen-bond acceptors (Lipinski definition) is 2. The van der Waals surface area contributed by atoms with Gasteiger partial charge in [-0.2, -0.15) is 0 Å². The van der Waals surface area contributed by atoms with E-state index in [0.717, 1.165) is 13.0 Å². The highest BCUT2D eigenvalue weighted by Crippen LogP contribution is 2.02. The Morgan fingerprint density at radius 2 is 2.00 bits per heavy atom. The molecule has 0 aliphatic carbocycles. The van der Waals surface area contributed by atoms with E-state index in [1.807, 2.05) is 18.7 Å². The van der Waals surface area contributed by atoms with Gasteiger partial charge in [0.15, 0.2) is 0 Å². The lowest BCUT2D eigenvalue weighted by atomic mass is 10.2. The van der Waals surface area contributed by atoms with Gasteiger partial charge in [-0.1, -0.05) is 19.8 Å². The predicted molar refractivity (Wildman–Crippen MR) is 53.9 cm³/mol. The Hall–Kier alpha value is -0.570. The minimum Gasteiger partial charge on any atom is -0.480 e. The number of carboxylic acids is 1. The molecule has 0 amide bonds. The van der Waals surface area contributed by atoms with E-state index < -0.39 is 5.97 Å². The van der Waals surface area contributed by atoms with Crippen LogP contribution in [0.3, 0.4) is 0 Å². The van der Waals surface area contributed by atoms with Gasteiger partial charge in [0.2, 0.25) is 0 Å². The predicted octanol–water partition coefficient (Wildman–Crippen LogP) is 1.97. The van der Waals surface area contributed by atoms with E-state index in [1.165, 1.54) is 12.8 Å². The van der Waals surface area contributed by atoms with Gasteiger partial charge in [0.05, 0.1) is 6.54 Å². The maximum Gasteiger partial charge on any atom is 0.317 e. The Kier molecular flexibility index (Phi) is 6.59. The third kappa shape index (κ3) is 6.58. The molecule has 78 valence electrons. The monoisotopic (exact) mass is 187 g/mol. The van der Waals surface area contributed by atoms with E-state index in [2.05, 4.69) is 6.92 Å². The second-order valence-electron chi connectivity index (χ2n) is 3.67. The van der Waals surface area contributed by atoms with Gasteiger partial charge in [0, 0.05) is 6.04 Å². The van der Waals surface area contributed by atoms with Gasteiger partial charge in [-0.15, -0.1) is 0 Å². The van der Waals surface area contributed by atoms with E-state index in [1.54, 1.807) is 0 Å². The molecule has 0 heterocycles. The van der Waals surface area contributed by atoms with Crippen LogP contribution in [0.2, 0.25) is 0 Å². The molecule has 0 saturated carbocycles. The van der Waals surface area contributed by atoms with Gasteiger partial charge >= 0.3 is 5.97 Å². The molecule has 0 atom stereocenters. The average Bonchev–Trinajstić information content (AvgIpc) is 2.02. The molecular formula is C10H21NO2. The molecule has 0 aliphatic heterocycles. The van der Waals surface area contributed by atoms with Crippen LogP contribution in [0.1, 0.15) is 40.0 Å². The fourth-order valence-electron chi connectivity index (χ4n) is 1.26. The van der Waals surface area contributed by atoms with E-state index >= 15 is 0 Å². The minimum atomic E-state index is -0.731. The van der Waals surface area contributed by atoms with Crippen molar-refractivity contribution in [3.05, 3.63) is 0 Å². The number of rotatable bonds is 7. The van der Waals surface area contributed by atoms with Crippen molar-refractivity contribution in [1.82, 2.24) is 4.90 Å². The molecule has 0 saturated heterocycles. The topological polar surface area (TPSA) is 40.5 Å². The number of carboxylic acid groups (broad SMARTS) is 1. The number of aliphatic carboxylic acids is 1. The van der Waals surface area contributed by atoms with Crippen molar-refractivity contribution in [2.45, 2.75) is 46.1 Å². The fraction of sp³-hybridized carbons (Fsp3) is 0.900. The summed E-state index contributed by atoms with van der Waals surface area (Å²) < 4.78 is 0. The van der Waals surface area contributed by atoms with Crippen LogP contribution in [0, 0.1) is 0 Å². The van der Waals surface area contributed by atoms with Gasteiger partial charge < -0.3 is 5.11 Å². The van der Waals surface area contributed by atoms with E-state index in [0.29, 0.717) is 6.04 Å². The quantitative estimate of drug-likeness (QED) is 0.619. The smallest absolute Gasteiger partial charge is 0.317 e. The van der Waals surface area contributed by atoms with E-state index in [-0.39, 0.29) is 6.54 Å². The van der Waals surface area contributed by atoms with Crippen molar-refractivity contribution in [2.75, 3.05) is 13.1 Å². The zero-order chi connectivity index (χ0) is 10.3. The molecule has 13 heavy (non-hydrogen) atoms. The molecule has 0 rings (SSSR count). The van der Waals surface area contributed by atoms with Crippen LogP contribution in [0.25, 0.3) is 0 Å². The number of nitrogens with zero attached hydrogens (tertiary/aromatic N) is 1. The highest BCUT2D eigenvalue weighted by Gasteiger charge is 2.11. The number of hydrogen-bond donors (Lipinski definition) is 1. The van der Waals surface area contributed by atoms with Crippen molar-refractivity contribution in [3.63, 3.8) is 0 Å². The summed E-state index contributed by atoms with van der Waals surface area (Å²) in [6.45, 7) is 7.29. The van der Waals surface area contributed by atoms with Crippen LogP contribution in [-0.4, -0.2) is 35.1 Å². The van der Waals surface area contributed by atoms with Crippen molar-refractivity contribution in [1.29, 1.82) is 0 Å². The zero-order valence-electron chi connectivity index (χ0n) is 8.92. The van der Waals surface area contributed by atoms with Crippen LogP contribution in [-0.2, 0) is 4.79 Å². The number of carbonyl (C=O) groups is 1. The summed E-state index contributed by atoms with van der Waals surface area (Å²) in [5, 5.41) is 8.65. The third-order valence-electron chi connectivity index (χ3n) is 2.12. The Labute approximate surface area is 80.7 Å². The highest BCUT2D eigenvalue weighted by atomic mass is 16.4. The van der Waals surface area contributed by atoms with Crippen LogP contribution in [0.15, 0.2) is 0 Å². The van der Waals surface area contributed by atoms with Crippen LogP contribution in [0.4, 0.5) is 0 Å². The maximum atomic E-state index is 10.5. The van der Waals surface area contributed by atoms with Crippen molar-refractivity contribution < 1.29 is 9.90 Å². The molecule has 0 radical (unpaired) electrons. The minimum absolute atomic E-state index is 0.168. The summed E-state index contributed by atoms with van der Waals surface area (Å²) in [5.74, 6) is -0.731. The fourth-order valence-corrected chi connectivity index (χ4v) is 1.26. The Bertz CT molecular complexity index is 146. The summed E-state index contributed by atoms with van der Waals surface area (Å²) >= 11 is 0. The lowest BCUT2D eigenvalue weighted by Gasteiger charge is -2.24.